The normalized spacial score (nSPS) is 39.9. The summed E-state index contributed by atoms with van der Waals surface area (Å²) < 4.78 is 0. The average Bonchev–Trinajstić information content (AvgIpc) is 3.45. The van der Waals surface area contributed by atoms with Crippen molar-refractivity contribution in [3.63, 3.8) is 0 Å². The lowest BCUT2D eigenvalue weighted by molar-refractivity contribution is -0.172. The number of Topliss-reactive ketones (excluding diaryl/α,β-unsaturated/α-hetero) is 2. The average molecular weight is 733 g/mol. The van der Waals surface area contributed by atoms with Gasteiger partial charge in [0.2, 0.25) is 0 Å². The minimum Gasteiger partial charge on any atom is -0.400 e. The van der Waals surface area contributed by atoms with Gasteiger partial charge in [-0.25, -0.2) is 4.98 Å². The number of aliphatic hydroxyl groups is 1. The highest BCUT2D eigenvalue weighted by Crippen LogP contribution is 2.72. The Morgan fingerprint density at radius 1 is 1.00 bits per heavy atom. The van der Waals surface area contributed by atoms with Crippen molar-refractivity contribution >= 4 is 23.7 Å². The molecule has 0 aliphatic heterocycles. The number of rotatable bonds is 10. The van der Waals surface area contributed by atoms with Crippen molar-refractivity contribution in [2.24, 2.45) is 81.2 Å². The summed E-state index contributed by atoms with van der Waals surface area (Å²) in [6.07, 6.45) is 16.0. The van der Waals surface area contributed by atoms with E-state index >= 15 is 0 Å². The Hall–Kier alpha value is -2.42. The highest BCUT2D eigenvalue weighted by atomic mass is 16.2. The molecular formula is C45H72N4O4. The van der Waals surface area contributed by atoms with Crippen molar-refractivity contribution in [2.75, 3.05) is 26.4 Å². The van der Waals surface area contributed by atoms with Crippen LogP contribution < -0.4 is 16.8 Å². The third-order valence-corrected chi connectivity index (χ3v) is 16.4. The molecule has 0 saturated heterocycles. The molecule has 0 amide bonds. The number of nitrogens with one attached hydrogen (secondary N) is 1. The van der Waals surface area contributed by atoms with Crippen LogP contribution in [0, 0.1) is 75.4 Å². The number of allylic oxidation sites excluding steroid dienone is 2. The van der Waals surface area contributed by atoms with Crippen LogP contribution in [0.2, 0.25) is 0 Å². The molecule has 5 saturated carbocycles. The standard InChI is InChI=1S/C43H63N3O3.CH5N.CH4O/c1-25(2)39-36(49)21-43(17-18-45-22-28-7-10-38(44)46-23-28)16-13-34-31(40(39)43)8-9-37-41(5)14-11-29(27(4)33(41)12-15-42(34,37)6)20-35(48)32-19-30(24-47)26(32)3;2*1-2/h7,10,23-27,29-34,37,45H,8-9,11-22H2,1-6H3,(H2,44,46);2H2,1H3;2H,1H3. The highest BCUT2D eigenvalue weighted by molar-refractivity contribution is 6.00. The number of aldehydes is 1. The van der Waals surface area contributed by atoms with Gasteiger partial charge in [-0.2, -0.15) is 0 Å². The van der Waals surface area contributed by atoms with Gasteiger partial charge in [0, 0.05) is 49.9 Å². The molecule has 6 aliphatic rings. The Morgan fingerprint density at radius 2 is 1.68 bits per heavy atom. The summed E-state index contributed by atoms with van der Waals surface area (Å²) >= 11 is 0. The quantitative estimate of drug-likeness (QED) is 0.142. The Bertz CT molecular complexity index is 1490. The first kappa shape index (κ1) is 41.7. The van der Waals surface area contributed by atoms with Crippen LogP contribution in [0.4, 0.5) is 5.82 Å². The molecule has 6 N–H and O–H groups in total. The number of carbonyl (C=O) groups is 3. The zero-order valence-corrected chi connectivity index (χ0v) is 34.3. The fraction of sp³-hybridized carbons (Fsp3) is 0.778. The molecule has 1 aromatic heterocycles. The maximum absolute atomic E-state index is 13.9. The number of hydrogen-bond donors (Lipinski definition) is 4. The SMILES string of the molecule is CC(C)C1=C2C3CCC4C(C)(CCC5C(C)C(CC(=O)C6CC(C=O)C6C)CCC54C)C3CCC2(CCNCc2ccc(N)nc2)CC1=O.CN.CO. The zero-order valence-electron chi connectivity index (χ0n) is 34.3. The zero-order chi connectivity index (χ0) is 38.9. The number of carbonyl (C=O) groups excluding carboxylic acids is 3. The lowest BCUT2D eigenvalue weighted by atomic mass is 9.37. The van der Waals surface area contributed by atoms with Gasteiger partial charge >= 0.3 is 0 Å². The molecule has 7 rings (SSSR count). The van der Waals surface area contributed by atoms with Gasteiger partial charge in [0.05, 0.1) is 0 Å². The third-order valence-electron chi connectivity index (χ3n) is 16.4. The van der Waals surface area contributed by atoms with E-state index in [2.05, 4.69) is 57.6 Å². The highest BCUT2D eigenvalue weighted by Gasteiger charge is 2.64. The largest absolute Gasteiger partial charge is 0.400 e. The van der Waals surface area contributed by atoms with Crippen LogP contribution in [-0.2, 0) is 20.9 Å². The van der Waals surface area contributed by atoms with Crippen LogP contribution in [0.15, 0.2) is 29.5 Å². The van der Waals surface area contributed by atoms with Crippen molar-refractivity contribution in [1.82, 2.24) is 10.3 Å². The number of nitrogens with zero attached hydrogens (tertiary/aromatic N) is 1. The summed E-state index contributed by atoms with van der Waals surface area (Å²) in [4.78, 5) is 42.9. The van der Waals surface area contributed by atoms with Gasteiger partial charge in [0.15, 0.2) is 5.78 Å². The lowest BCUT2D eigenvalue weighted by Crippen LogP contribution is -2.60. The summed E-state index contributed by atoms with van der Waals surface area (Å²) in [6, 6.07) is 3.91. The van der Waals surface area contributed by atoms with E-state index in [9.17, 15) is 14.4 Å². The van der Waals surface area contributed by atoms with Crippen LogP contribution >= 0.6 is 0 Å². The van der Waals surface area contributed by atoms with Gasteiger partial charge in [-0.1, -0.05) is 53.2 Å². The topological polar surface area (TPSA) is 148 Å². The Balaban J connectivity index is 0.00000131. The Kier molecular flexibility index (Phi) is 13.2. The van der Waals surface area contributed by atoms with Crippen LogP contribution in [0.1, 0.15) is 124 Å². The van der Waals surface area contributed by atoms with Crippen molar-refractivity contribution in [2.45, 2.75) is 125 Å². The molecule has 1 heterocycles. The number of aliphatic hydroxyl groups excluding tert-OH is 1. The summed E-state index contributed by atoms with van der Waals surface area (Å²) in [6.45, 7) is 16.1. The second-order valence-electron chi connectivity index (χ2n) is 18.7. The Labute approximate surface area is 320 Å². The number of hydrogen-bond acceptors (Lipinski definition) is 8. The molecule has 5 fully saturated rings. The molecule has 1 aromatic rings. The molecule has 296 valence electrons. The molecule has 53 heavy (non-hydrogen) atoms. The van der Waals surface area contributed by atoms with E-state index in [1.54, 1.807) is 5.57 Å². The van der Waals surface area contributed by atoms with E-state index in [1.165, 1.54) is 57.6 Å². The molecule has 0 aromatic carbocycles. The van der Waals surface area contributed by atoms with Crippen molar-refractivity contribution in [1.29, 1.82) is 0 Å². The third kappa shape index (κ3) is 7.35. The lowest BCUT2D eigenvalue weighted by Gasteiger charge is -2.67. The first-order valence-electron chi connectivity index (χ1n) is 21.0. The van der Waals surface area contributed by atoms with Crippen molar-refractivity contribution < 1.29 is 19.5 Å². The van der Waals surface area contributed by atoms with Gasteiger partial charge < -0.3 is 26.7 Å². The van der Waals surface area contributed by atoms with Gasteiger partial charge in [-0.3, -0.25) is 9.59 Å². The fourth-order valence-electron chi connectivity index (χ4n) is 13.7. The predicted octanol–water partition coefficient (Wildman–Crippen LogP) is 7.57. The minimum absolute atomic E-state index is 0.0112. The van der Waals surface area contributed by atoms with Crippen LogP contribution in [0.5, 0.6) is 0 Å². The molecule has 0 radical (unpaired) electrons. The van der Waals surface area contributed by atoms with Gasteiger partial charge in [-0.15, -0.1) is 0 Å². The first-order valence-corrected chi connectivity index (χ1v) is 21.0. The summed E-state index contributed by atoms with van der Waals surface area (Å²) in [7, 11) is 2.50. The number of anilines is 1. The maximum atomic E-state index is 13.9. The molecular weight excluding hydrogens is 661 g/mol. The Morgan fingerprint density at radius 3 is 2.32 bits per heavy atom. The van der Waals surface area contributed by atoms with Gasteiger partial charge in [0.1, 0.15) is 17.9 Å². The summed E-state index contributed by atoms with van der Waals surface area (Å²) in [5.74, 6) is 5.72. The van der Waals surface area contributed by atoms with E-state index < -0.39 is 0 Å². The van der Waals surface area contributed by atoms with Crippen LogP contribution in [0.3, 0.4) is 0 Å². The van der Waals surface area contributed by atoms with E-state index in [0.717, 1.165) is 57.7 Å². The number of aromatic nitrogens is 1. The molecule has 12 unspecified atom stereocenters. The summed E-state index contributed by atoms with van der Waals surface area (Å²) in [5, 5.41) is 10.7. The maximum Gasteiger partial charge on any atom is 0.159 e. The molecule has 8 heteroatoms. The first-order chi connectivity index (χ1) is 25.3. The monoisotopic (exact) mass is 733 g/mol. The number of ketones is 2. The van der Waals surface area contributed by atoms with E-state index in [0.29, 0.717) is 70.1 Å². The molecule has 0 spiro atoms. The van der Waals surface area contributed by atoms with E-state index in [1.807, 2.05) is 18.3 Å². The van der Waals surface area contributed by atoms with Crippen molar-refractivity contribution in [3.8, 4) is 0 Å². The van der Waals surface area contributed by atoms with Crippen molar-refractivity contribution in [3.05, 3.63) is 35.0 Å². The fourth-order valence-corrected chi connectivity index (χ4v) is 13.7. The van der Waals surface area contributed by atoms with Crippen LogP contribution in [-0.4, -0.2) is 48.6 Å². The molecule has 6 aliphatic carbocycles. The second-order valence-corrected chi connectivity index (χ2v) is 18.7. The number of nitrogen functional groups attached to an aromatic ring is 1. The second kappa shape index (κ2) is 16.8. The van der Waals surface area contributed by atoms with Gasteiger partial charge in [-0.05, 0) is 153 Å². The molecule has 8 nitrogen and oxygen atoms in total. The number of pyridine rings is 1. The minimum atomic E-state index is 0.0112. The van der Waals surface area contributed by atoms with E-state index in [4.69, 9.17) is 10.8 Å². The number of fused-ring (bicyclic) bond motifs is 7. The smallest absolute Gasteiger partial charge is 0.159 e. The molecule has 12 atom stereocenters. The van der Waals surface area contributed by atoms with Crippen LogP contribution in [0.25, 0.3) is 0 Å². The molecule has 0 bridgehead atoms. The van der Waals surface area contributed by atoms with Gasteiger partial charge in [0.25, 0.3) is 0 Å². The number of nitrogens with two attached hydrogens (primary N) is 2. The predicted molar refractivity (Wildman–Crippen MR) is 213 cm³/mol. The van der Waals surface area contributed by atoms with E-state index in [-0.39, 0.29) is 29.1 Å². The summed E-state index contributed by atoms with van der Waals surface area (Å²) in [5.41, 5.74) is 14.8.